The van der Waals surface area contributed by atoms with Crippen molar-refractivity contribution >= 4 is 58.3 Å². The molecule has 0 saturated heterocycles. The van der Waals surface area contributed by atoms with Crippen LogP contribution in [0.2, 0.25) is 0 Å². The van der Waals surface area contributed by atoms with Gasteiger partial charge in [-0.15, -0.1) is 0 Å². The number of para-hydroxylation sites is 2. The number of benzene rings is 4. The molecule has 0 bridgehead atoms. The fourth-order valence-corrected chi connectivity index (χ4v) is 2.66. The molecule has 0 radical (unpaired) electrons. The summed E-state index contributed by atoms with van der Waals surface area (Å²) in [4.78, 5) is 0. The summed E-state index contributed by atoms with van der Waals surface area (Å²) < 4.78 is 0. The third kappa shape index (κ3) is 12.8. The maximum absolute atomic E-state index is 4.96. The van der Waals surface area contributed by atoms with Gasteiger partial charge in [0.2, 0.25) is 0 Å². The van der Waals surface area contributed by atoms with Crippen LogP contribution in [-0.2, 0) is 52.9 Å². The van der Waals surface area contributed by atoms with Gasteiger partial charge >= 0.3 is 27.7 Å². The second-order valence-electron chi connectivity index (χ2n) is 6.82. The van der Waals surface area contributed by atoms with E-state index in [1.807, 2.05) is 121 Å². The molecule has 0 aromatic heterocycles. The Bertz CT molecular complexity index is 1180. The molecule has 4 aromatic rings. The third-order valence-electron chi connectivity index (χ3n) is 4.12. The Morgan fingerprint density at radius 1 is 0.459 bits per heavy atom. The number of amidine groups is 2. The van der Waals surface area contributed by atoms with Gasteiger partial charge in [0.1, 0.15) is 0 Å². The number of anilines is 2. The van der Waals surface area contributed by atoms with Gasteiger partial charge in [-0.05, 0) is 48.5 Å². The molecule has 11 heteroatoms. The van der Waals surface area contributed by atoms with Crippen molar-refractivity contribution in [1.29, 1.82) is 0 Å². The Balaban J connectivity index is 0.000000253. The normalized spacial score (nSPS) is 11.4. The molecule has 0 aliphatic rings. The third-order valence-corrected chi connectivity index (χ3v) is 4.47. The number of nitrogens with zero attached hydrogens (tertiary/aromatic N) is 6. The van der Waals surface area contributed by atoms with E-state index in [4.69, 9.17) is 25.3 Å². The molecule has 8 nitrogen and oxygen atoms in total. The standard InChI is InChI=1S/2C13H12N4S.Hg/c2*18-13(16-14-11-7-3-1-4-8-11)17-15-12-9-5-2-6-10-12;/h2*1-10,14H,(H,16,18);/q;;+2/p-2. The summed E-state index contributed by atoms with van der Waals surface area (Å²) in [6.45, 7) is 0. The van der Waals surface area contributed by atoms with E-state index < -0.39 is 0 Å². The monoisotopic (exact) mass is 712 g/mol. The van der Waals surface area contributed by atoms with Crippen LogP contribution < -0.4 is 10.9 Å². The first kappa shape index (κ1) is 29.6. The van der Waals surface area contributed by atoms with Crippen LogP contribution in [0.4, 0.5) is 22.7 Å². The van der Waals surface area contributed by atoms with Crippen LogP contribution >= 0.6 is 0 Å². The molecule has 0 unspecified atom stereocenters. The van der Waals surface area contributed by atoms with Crippen LogP contribution in [-0.4, -0.2) is 10.3 Å². The molecule has 37 heavy (non-hydrogen) atoms. The average molecular weight is 711 g/mol. The second-order valence-corrected chi connectivity index (χ2v) is 7.55. The Morgan fingerprint density at radius 3 is 1.08 bits per heavy atom. The maximum atomic E-state index is 4.96. The van der Waals surface area contributed by atoms with Crippen molar-refractivity contribution in [3.63, 3.8) is 0 Å². The van der Waals surface area contributed by atoms with Gasteiger partial charge in [0.25, 0.3) is 0 Å². The molecule has 4 rings (SSSR count). The quantitative estimate of drug-likeness (QED) is 0.0545. The molecular formula is C26H22HgN8S2. The molecule has 2 N–H and O–H groups in total. The molecule has 0 spiro atoms. The minimum absolute atomic E-state index is 0. The van der Waals surface area contributed by atoms with Gasteiger partial charge < -0.3 is 25.3 Å². The van der Waals surface area contributed by atoms with Crippen LogP contribution in [0.1, 0.15) is 0 Å². The molecule has 180 valence electrons. The van der Waals surface area contributed by atoms with Crippen LogP contribution in [0.5, 0.6) is 0 Å². The summed E-state index contributed by atoms with van der Waals surface area (Å²) in [6, 6.07) is 37.8. The Morgan fingerprint density at radius 2 is 0.757 bits per heavy atom. The summed E-state index contributed by atoms with van der Waals surface area (Å²) in [5.41, 5.74) is 8.82. The van der Waals surface area contributed by atoms with Crippen LogP contribution in [0, 0.1) is 0 Å². The van der Waals surface area contributed by atoms with E-state index in [-0.39, 0.29) is 38.0 Å². The molecule has 0 heterocycles. The van der Waals surface area contributed by atoms with Gasteiger partial charge in [0, 0.05) is 0 Å². The fourth-order valence-electron chi connectivity index (χ4n) is 2.49. The number of hydrogen-bond acceptors (Lipinski definition) is 8. The molecule has 4 aromatic carbocycles. The molecule has 0 fully saturated rings. The zero-order valence-electron chi connectivity index (χ0n) is 19.8. The van der Waals surface area contributed by atoms with E-state index in [9.17, 15) is 0 Å². The number of hydrazone groups is 2. The SMILES string of the molecule is [Hg+2].[S-]C(N=Nc1ccccc1)=NNc1ccccc1.[S-]C(N=Nc1ccccc1)=NNc1ccccc1. The summed E-state index contributed by atoms with van der Waals surface area (Å²) in [6.07, 6.45) is 0. The predicted octanol–water partition coefficient (Wildman–Crippen LogP) is 7.40. The van der Waals surface area contributed by atoms with E-state index >= 15 is 0 Å². The summed E-state index contributed by atoms with van der Waals surface area (Å²) >= 11 is 9.93. The largest absolute Gasteiger partial charge is 2.00 e. The molecule has 0 atom stereocenters. The molecule has 0 aliphatic carbocycles. The van der Waals surface area contributed by atoms with Crippen molar-refractivity contribution < 1.29 is 27.7 Å². The minimum Gasteiger partial charge on any atom is -0.737 e. The number of rotatable bonds is 6. The minimum atomic E-state index is 0. The van der Waals surface area contributed by atoms with Gasteiger partial charge in [-0.3, -0.25) is 10.9 Å². The van der Waals surface area contributed by atoms with Gasteiger partial charge in [-0.2, -0.15) is 30.7 Å². The summed E-state index contributed by atoms with van der Waals surface area (Å²) in [5.74, 6) is 0. The summed E-state index contributed by atoms with van der Waals surface area (Å²) in [5, 5.41) is 23.8. The van der Waals surface area contributed by atoms with E-state index in [2.05, 4.69) is 41.5 Å². The summed E-state index contributed by atoms with van der Waals surface area (Å²) in [7, 11) is 0. The van der Waals surface area contributed by atoms with Crippen molar-refractivity contribution in [1.82, 2.24) is 0 Å². The van der Waals surface area contributed by atoms with Crippen molar-refractivity contribution in [3.05, 3.63) is 121 Å². The van der Waals surface area contributed by atoms with E-state index in [1.165, 1.54) is 0 Å². The van der Waals surface area contributed by atoms with Crippen LogP contribution in [0.25, 0.3) is 0 Å². The molecule has 0 amide bonds. The van der Waals surface area contributed by atoms with Crippen molar-refractivity contribution in [2.24, 2.45) is 30.7 Å². The van der Waals surface area contributed by atoms with Gasteiger partial charge in [-0.1, -0.05) is 72.8 Å². The Kier molecular flexibility index (Phi) is 14.2. The smallest absolute Gasteiger partial charge is 0.737 e. The number of hydrogen-bond donors (Lipinski definition) is 2. The first-order valence-corrected chi connectivity index (χ1v) is 11.6. The number of azo groups is 2. The van der Waals surface area contributed by atoms with Crippen molar-refractivity contribution in [3.8, 4) is 0 Å². The zero-order valence-corrected chi connectivity index (χ0v) is 26.9. The van der Waals surface area contributed by atoms with Crippen molar-refractivity contribution in [2.45, 2.75) is 0 Å². The molecule has 0 saturated carbocycles. The maximum Gasteiger partial charge on any atom is 2.00 e. The molecular weight excluding hydrogens is 689 g/mol. The van der Waals surface area contributed by atoms with E-state index in [0.717, 1.165) is 22.7 Å². The second kappa shape index (κ2) is 17.8. The Hall–Kier alpha value is -3.60. The van der Waals surface area contributed by atoms with Gasteiger partial charge in [0.05, 0.1) is 33.1 Å². The zero-order chi connectivity index (χ0) is 25.3. The first-order chi connectivity index (χ1) is 17.7. The fraction of sp³-hybridized carbons (Fsp3) is 0. The predicted molar refractivity (Wildman–Crippen MR) is 152 cm³/mol. The van der Waals surface area contributed by atoms with Crippen molar-refractivity contribution in [2.75, 3.05) is 10.9 Å². The first-order valence-electron chi connectivity index (χ1n) is 10.7. The van der Waals surface area contributed by atoms with E-state index in [1.54, 1.807) is 0 Å². The van der Waals surface area contributed by atoms with Gasteiger partial charge in [-0.25, -0.2) is 0 Å². The molecule has 0 aliphatic heterocycles. The topological polar surface area (TPSA) is 98.2 Å². The van der Waals surface area contributed by atoms with Crippen LogP contribution in [0.15, 0.2) is 152 Å². The average Bonchev–Trinajstić information content (AvgIpc) is 2.95. The van der Waals surface area contributed by atoms with Gasteiger partial charge in [0.15, 0.2) is 0 Å². The Labute approximate surface area is 247 Å². The number of nitrogens with one attached hydrogen (secondary N) is 2. The van der Waals surface area contributed by atoms with Crippen LogP contribution in [0.3, 0.4) is 0 Å². The van der Waals surface area contributed by atoms with E-state index in [0.29, 0.717) is 0 Å².